The Hall–Kier alpha value is -1.77. The Morgan fingerprint density at radius 3 is 2.05 bits per heavy atom. The van der Waals surface area contributed by atoms with Gasteiger partial charge in [0.25, 0.3) is 0 Å². The molecule has 100 valence electrons. The summed E-state index contributed by atoms with van der Waals surface area (Å²) in [6, 6.07) is 12.7. The molecule has 2 aromatic rings. The van der Waals surface area contributed by atoms with Crippen molar-refractivity contribution in [2.75, 3.05) is 0 Å². The van der Waals surface area contributed by atoms with Crippen molar-refractivity contribution in [3.8, 4) is 11.5 Å². The van der Waals surface area contributed by atoms with Crippen molar-refractivity contribution in [2.24, 2.45) is 0 Å². The predicted molar refractivity (Wildman–Crippen MR) is 81.5 cm³/mol. The maximum Gasteiger partial charge on any atom is 0.169 e. The Kier molecular flexibility index (Phi) is 5.16. The third kappa shape index (κ3) is 3.85. The van der Waals surface area contributed by atoms with E-state index in [9.17, 15) is 4.39 Å². The van der Waals surface area contributed by atoms with Gasteiger partial charge in [-0.15, -0.1) is 0 Å². The average Bonchev–Trinajstić information content (AvgIpc) is 2.34. The summed E-state index contributed by atoms with van der Waals surface area (Å²) in [7, 11) is 0. The summed E-state index contributed by atoms with van der Waals surface area (Å²) in [6.45, 7) is 6.54. The predicted octanol–water partition coefficient (Wildman–Crippen LogP) is 4.52. The number of rotatable bonds is 3. The molecule has 0 saturated carbocycles. The summed E-state index contributed by atoms with van der Waals surface area (Å²) in [6.07, 6.45) is 0. The Bertz CT molecular complexity index is 535. The van der Waals surface area contributed by atoms with E-state index in [1.165, 1.54) is 11.5 Å². The number of halogens is 1. The molecule has 19 heavy (non-hydrogen) atoms. The van der Waals surface area contributed by atoms with Crippen molar-refractivity contribution in [1.82, 2.24) is 0 Å². The first-order valence-electron chi connectivity index (χ1n) is 6.10. The Morgan fingerprint density at radius 2 is 1.53 bits per heavy atom. The molecular formula is C16H20BFO. The van der Waals surface area contributed by atoms with Crippen molar-refractivity contribution in [3.63, 3.8) is 0 Å². The summed E-state index contributed by atoms with van der Waals surface area (Å²) in [5, 5.41) is 0. The van der Waals surface area contributed by atoms with Crippen molar-refractivity contribution >= 4 is 12.2 Å². The van der Waals surface area contributed by atoms with Crippen LogP contribution in [0.3, 0.4) is 0 Å². The smallest absolute Gasteiger partial charge is 0.169 e. The van der Waals surface area contributed by atoms with Crippen molar-refractivity contribution in [3.05, 3.63) is 53.8 Å². The van der Waals surface area contributed by atoms with E-state index in [0.29, 0.717) is 18.0 Å². The SMILES string of the molecule is C.CB(C)c1ccc(Oc2ccc(F)c(C)c2)cc1. The molecule has 0 atom stereocenters. The van der Waals surface area contributed by atoms with Crippen LogP contribution in [0.2, 0.25) is 13.6 Å². The van der Waals surface area contributed by atoms with E-state index in [2.05, 4.69) is 25.8 Å². The maximum absolute atomic E-state index is 13.1. The minimum Gasteiger partial charge on any atom is -0.457 e. The van der Waals surface area contributed by atoms with Crippen LogP contribution in [0.5, 0.6) is 11.5 Å². The second-order valence-electron chi connectivity index (χ2n) is 4.74. The molecule has 0 saturated heterocycles. The topological polar surface area (TPSA) is 9.23 Å². The van der Waals surface area contributed by atoms with Gasteiger partial charge in [-0.1, -0.05) is 38.7 Å². The molecule has 0 bridgehead atoms. The Balaban J connectivity index is 0.00000180. The second kappa shape index (κ2) is 6.42. The Labute approximate surface area is 115 Å². The molecule has 0 aliphatic carbocycles. The van der Waals surface area contributed by atoms with Crippen LogP contribution in [-0.4, -0.2) is 6.71 Å². The van der Waals surface area contributed by atoms with E-state index >= 15 is 0 Å². The average molecular weight is 258 g/mol. The fraction of sp³-hybridized carbons (Fsp3) is 0.250. The van der Waals surface area contributed by atoms with Gasteiger partial charge in [0.2, 0.25) is 0 Å². The van der Waals surface area contributed by atoms with E-state index in [1.807, 2.05) is 12.1 Å². The lowest BCUT2D eigenvalue weighted by Crippen LogP contribution is -2.21. The molecule has 0 aromatic heterocycles. The second-order valence-corrected chi connectivity index (χ2v) is 4.74. The highest BCUT2D eigenvalue weighted by Crippen LogP contribution is 2.22. The number of ether oxygens (including phenoxy) is 1. The highest BCUT2D eigenvalue weighted by atomic mass is 19.1. The first-order chi connectivity index (χ1) is 8.56. The van der Waals surface area contributed by atoms with Crippen LogP contribution in [0.1, 0.15) is 13.0 Å². The van der Waals surface area contributed by atoms with E-state index < -0.39 is 0 Å². The third-order valence-electron chi connectivity index (χ3n) is 2.91. The normalized spacial score (nSPS) is 9.68. The monoisotopic (exact) mass is 258 g/mol. The number of hydrogen-bond donors (Lipinski definition) is 0. The fourth-order valence-electron chi connectivity index (χ4n) is 1.74. The van der Waals surface area contributed by atoms with Crippen molar-refractivity contribution in [2.45, 2.75) is 28.0 Å². The van der Waals surface area contributed by atoms with E-state index in [4.69, 9.17) is 4.74 Å². The molecule has 0 N–H and O–H groups in total. The van der Waals surface area contributed by atoms with Crippen LogP contribution >= 0.6 is 0 Å². The van der Waals surface area contributed by atoms with Gasteiger partial charge in [0.1, 0.15) is 17.3 Å². The summed E-state index contributed by atoms with van der Waals surface area (Å²) in [4.78, 5) is 0. The largest absolute Gasteiger partial charge is 0.457 e. The first kappa shape index (κ1) is 15.3. The van der Waals surface area contributed by atoms with Gasteiger partial charge in [0.15, 0.2) is 6.71 Å². The lowest BCUT2D eigenvalue weighted by atomic mass is 9.49. The zero-order valence-corrected chi connectivity index (χ0v) is 10.9. The third-order valence-corrected chi connectivity index (χ3v) is 2.91. The highest BCUT2D eigenvalue weighted by Gasteiger charge is 2.04. The van der Waals surface area contributed by atoms with Crippen LogP contribution < -0.4 is 10.2 Å². The fourth-order valence-corrected chi connectivity index (χ4v) is 1.74. The van der Waals surface area contributed by atoms with Crippen LogP contribution in [-0.2, 0) is 0 Å². The minimum atomic E-state index is -0.211. The zero-order chi connectivity index (χ0) is 13.1. The molecule has 2 rings (SSSR count). The van der Waals surface area contributed by atoms with Gasteiger partial charge in [-0.2, -0.15) is 0 Å². The molecule has 0 aliphatic heterocycles. The Morgan fingerprint density at radius 1 is 0.947 bits per heavy atom. The molecule has 3 heteroatoms. The van der Waals surface area contributed by atoms with Gasteiger partial charge in [0.05, 0.1) is 0 Å². The molecule has 0 amide bonds. The van der Waals surface area contributed by atoms with E-state index in [1.54, 1.807) is 19.1 Å². The van der Waals surface area contributed by atoms with Crippen LogP contribution in [0.4, 0.5) is 4.39 Å². The first-order valence-corrected chi connectivity index (χ1v) is 6.10. The minimum absolute atomic E-state index is 0. The number of benzene rings is 2. The van der Waals surface area contributed by atoms with Crippen molar-refractivity contribution in [1.29, 1.82) is 0 Å². The van der Waals surface area contributed by atoms with Crippen LogP contribution in [0.15, 0.2) is 42.5 Å². The van der Waals surface area contributed by atoms with Gasteiger partial charge >= 0.3 is 0 Å². The highest BCUT2D eigenvalue weighted by molar-refractivity contribution is 6.70. The molecule has 0 radical (unpaired) electrons. The van der Waals surface area contributed by atoms with Crippen molar-refractivity contribution < 1.29 is 9.13 Å². The number of aryl methyl sites for hydroxylation is 1. The lowest BCUT2D eigenvalue weighted by molar-refractivity contribution is 0.480. The van der Waals surface area contributed by atoms with Gasteiger partial charge in [0, 0.05) is 0 Å². The number of hydrogen-bond acceptors (Lipinski definition) is 1. The standard InChI is InChI=1S/C15H16BFO.CH4/c1-11-10-14(8-9-15(11)17)18-13-6-4-12(5-7-13)16(2)3;/h4-10H,1-3H3;1H4. The van der Waals surface area contributed by atoms with Crippen LogP contribution in [0.25, 0.3) is 0 Å². The van der Waals surface area contributed by atoms with Gasteiger partial charge < -0.3 is 4.74 Å². The van der Waals surface area contributed by atoms with E-state index in [-0.39, 0.29) is 13.2 Å². The lowest BCUT2D eigenvalue weighted by Gasteiger charge is -2.08. The van der Waals surface area contributed by atoms with Gasteiger partial charge in [-0.05, 0) is 42.8 Å². The van der Waals surface area contributed by atoms with Crippen LogP contribution in [0, 0.1) is 12.7 Å². The zero-order valence-electron chi connectivity index (χ0n) is 10.9. The maximum atomic E-state index is 13.1. The summed E-state index contributed by atoms with van der Waals surface area (Å²) in [5.74, 6) is 1.22. The molecule has 1 nitrogen and oxygen atoms in total. The summed E-state index contributed by atoms with van der Waals surface area (Å²) in [5.41, 5.74) is 1.86. The molecule has 0 fully saturated rings. The molecule has 0 spiro atoms. The van der Waals surface area contributed by atoms with E-state index in [0.717, 1.165) is 5.75 Å². The molecular weight excluding hydrogens is 238 g/mol. The summed E-state index contributed by atoms with van der Waals surface area (Å²) >= 11 is 0. The van der Waals surface area contributed by atoms with Gasteiger partial charge in [-0.25, -0.2) is 4.39 Å². The summed E-state index contributed by atoms with van der Waals surface area (Å²) < 4.78 is 18.8. The molecule has 0 aliphatic rings. The molecule has 2 aromatic carbocycles. The quantitative estimate of drug-likeness (QED) is 0.735. The van der Waals surface area contributed by atoms with Gasteiger partial charge in [-0.3, -0.25) is 0 Å². The molecule has 0 unspecified atom stereocenters. The molecule has 0 heterocycles.